The van der Waals surface area contributed by atoms with Crippen molar-refractivity contribution in [3.8, 4) is 0 Å². The average Bonchev–Trinajstić information content (AvgIpc) is 3.16. The van der Waals surface area contributed by atoms with Crippen LogP contribution in [0.5, 0.6) is 0 Å². The topological polar surface area (TPSA) is 41.1 Å². The maximum atomic E-state index is 4.39. The van der Waals surface area contributed by atoms with E-state index in [2.05, 4.69) is 34.0 Å². The lowest BCUT2D eigenvalue weighted by Crippen LogP contribution is -2.29. The molecule has 3 rings (SSSR count). The van der Waals surface area contributed by atoms with E-state index in [1.165, 1.54) is 21.9 Å². The van der Waals surface area contributed by atoms with Gasteiger partial charge >= 0.3 is 0 Å². The Kier molecular flexibility index (Phi) is 6.77. The van der Waals surface area contributed by atoms with Crippen molar-refractivity contribution in [3.63, 3.8) is 0 Å². The van der Waals surface area contributed by atoms with E-state index in [9.17, 15) is 0 Å². The summed E-state index contributed by atoms with van der Waals surface area (Å²) in [5.74, 6) is 0.771. The molecule has 4 nitrogen and oxygen atoms in total. The van der Waals surface area contributed by atoms with Crippen LogP contribution in [0.1, 0.15) is 26.9 Å². The monoisotopic (exact) mass is 358 g/mol. The summed E-state index contributed by atoms with van der Waals surface area (Å²) in [4.78, 5) is 14.1. The molecule has 2 aromatic heterocycles. The molecule has 122 valence electrons. The fraction of sp³-hybridized carbons (Fsp3) is 0.600. The molecule has 0 amide bonds. The highest BCUT2D eigenvalue weighted by molar-refractivity contribution is 7.11. The number of hydrogen-bond donors (Lipinski definition) is 1. The van der Waals surface area contributed by atoms with Crippen molar-refractivity contribution in [1.82, 2.24) is 20.2 Å². The standard InChI is InChI=1S/C15H22N4S2.ClH/c1-11-15(20-10-18-11)9-19(7-13-3-4-16-5-13)8-14-6-17-12(2)21-14;/h6,10,13,16H,3-5,7-9H2,1-2H3;1H. The van der Waals surface area contributed by atoms with E-state index in [4.69, 9.17) is 0 Å². The Morgan fingerprint density at radius 2 is 2.18 bits per heavy atom. The van der Waals surface area contributed by atoms with Gasteiger partial charge in [-0.2, -0.15) is 0 Å². The fourth-order valence-corrected chi connectivity index (χ4v) is 4.46. The van der Waals surface area contributed by atoms with Gasteiger partial charge in [-0.1, -0.05) is 0 Å². The Balaban J connectivity index is 0.00000176. The Bertz CT molecular complexity index is 578. The molecule has 1 aliphatic rings. The molecule has 0 aromatic carbocycles. The van der Waals surface area contributed by atoms with Crippen LogP contribution in [0.3, 0.4) is 0 Å². The van der Waals surface area contributed by atoms with Crippen molar-refractivity contribution in [2.45, 2.75) is 33.4 Å². The van der Waals surface area contributed by atoms with Crippen LogP contribution in [-0.2, 0) is 13.1 Å². The summed E-state index contributed by atoms with van der Waals surface area (Å²) >= 11 is 3.58. The molecule has 0 saturated carbocycles. The van der Waals surface area contributed by atoms with Gasteiger partial charge in [0.05, 0.1) is 16.2 Å². The Morgan fingerprint density at radius 1 is 1.32 bits per heavy atom. The predicted octanol–water partition coefficient (Wildman–Crippen LogP) is 3.25. The summed E-state index contributed by atoms with van der Waals surface area (Å²) in [6.45, 7) is 9.66. The first-order valence-electron chi connectivity index (χ1n) is 7.44. The van der Waals surface area contributed by atoms with E-state index in [0.29, 0.717) is 0 Å². The third-order valence-corrected chi connectivity index (χ3v) is 5.76. The van der Waals surface area contributed by atoms with Crippen molar-refractivity contribution in [3.05, 3.63) is 32.2 Å². The SMILES string of the molecule is Cc1ncc(CN(Cc2scnc2C)CC2CCNC2)s1.Cl. The van der Waals surface area contributed by atoms with E-state index in [-0.39, 0.29) is 12.4 Å². The van der Waals surface area contributed by atoms with Crippen LogP contribution in [0.2, 0.25) is 0 Å². The van der Waals surface area contributed by atoms with Gasteiger partial charge in [0, 0.05) is 35.6 Å². The van der Waals surface area contributed by atoms with Crippen molar-refractivity contribution in [2.24, 2.45) is 5.92 Å². The number of aromatic nitrogens is 2. The molecule has 1 atom stereocenters. The highest BCUT2D eigenvalue weighted by atomic mass is 35.5. The smallest absolute Gasteiger partial charge is 0.0897 e. The lowest BCUT2D eigenvalue weighted by Gasteiger charge is -2.24. The molecule has 0 radical (unpaired) electrons. The number of aryl methyl sites for hydroxylation is 2. The first-order valence-corrected chi connectivity index (χ1v) is 9.13. The molecular weight excluding hydrogens is 336 g/mol. The minimum atomic E-state index is 0. The van der Waals surface area contributed by atoms with E-state index in [1.807, 2.05) is 23.0 Å². The number of nitrogens with zero attached hydrogens (tertiary/aromatic N) is 3. The zero-order chi connectivity index (χ0) is 14.7. The lowest BCUT2D eigenvalue weighted by molar-refractivity contribution is 0.224. The van der Waals surface area contributed by atoms with Gasteiger partial charge in [-0.05, 0) is 39.3 Å². The molecule has 0 aliphatic carbocycles. The molecule has 7 heteroatoms. The minimum absolute atomic E-state index is 0. The van der Waals surface area contributed by atoms with Gasteiger partial charge < -0.3 is 5.32 Å². The molecule has 1 fully saturated rings. The first kappa shape index (κ1) is 17.8. The molecule has 1 N–H and O–H groups in total. The van der Waals surface area contributed by atoms with Gasteiger partial charge in [0.15, 0.2) is 0 Å². The third kappa shape index (κ3) is 4.73. The summed E-state index contributed by atoms with van der Waals surface area (Å²) in [7, 11) is 0. The minimum Gasteiger partial charge on any atom is -0.316 e. The molecule has 0 bridgehead atoms. The van der Waals surface area contributed by atoms with Gasteiger partial charge in [-0.25, -0.2) is 9.97 Å². The van der Waals surface area contributed by atoms with Crippen molar-refractivity contribution >= 4 is 35.1 Å². The Hall–Kier alpha value is -0.530. The van der Waals surface area contributed by atoms with Crippen LogP contribution < -0.4 is 5.32 Å². The molecule has 1 unspecified atom stereocenters. The van der Waals surface area contributed by atoms with Crippen LogP contribution in [0.4, 0.5) is 0 Å². The van der Waals surface area contributed by atoms with Gasteiger partial charge in [-0.3, -0.25) is 4.90 Å². The number of hydrogen-bond acceptors (Lipinski definition) is 6. The normalized spacial score (nSPS) is 17.9. The predicted molar refractivity (Wildman–Crippen MR) is 96.0 cm³/mol. The number of thiazole rings is 2. The van der Waals surface area contributed by atoms with E-state index in [1.54, 1.807) is 11.3 Å². The summed E-state index contributed by atoms with van der Waals surface area (Å²) in [5.41, 5.74) is 3.13. The van der Waals surface area contributed by atoms with Crippen LogP contribution in [-0.4, -0.2) is 34.5 Å². The highest BCUT2D eigenvalue weighted by Gasteiger charge is 2.20. The third-order valence-electron chi connectivity index (χ3n) is 3.94. The Labute approximate surface area is 146 Å². The van der Waals surface area contributed by atoms with Crippen molar-refractivity contribution < 1.29 is 0 Å². The summed E-state index contributed by atoms with van der Waals surface area (Å²) in [6.07, 6.45) is 3.32. The number of nitrogens with one attached hydrogen (secondary N) is 1. The van der Waals surface area contributed by atoms with Gasteiger partial charge in [0.1, 0.15) is 0 Å². The quantitative estimate of drug-likeness (QED) is 0.860. The molecule has 0 spiro atoms. The zero-order valence-corrected chi connectivity index (χ0v) is 15.5. The lowest BCUT2D eigenvalue weighted by atomic mass is 10.1. The molecule has 22 heavy (non-hydrogen) atoms. The first-order chi connectivity index (χ1) is 10.2. The van der Waals surface area contributed by atoms with Crippen LogP contribution in [0.25, 0.3) is 0 Å². The van der Waals surface area contributed by atoms with Crippen LogP contribution in [0, 0.1) is 19.8 Å². The largest absolute Gasteiger partial charge is 0.316 e. The van der Waals surface area contributed by atoms with Crippen LogP contribution >= 0.6 is 35.1 Å². The zero-order valence-electron chi connectivity index (χ0n) is 13.0. The van der Waals surface area contributed by atoms with Crippen molar-refractivity contribution in [2.75, 3.05) is 19.6 Å². The second kappa shape index (κ2) is 8.36. The van der Waals surface area contributed by atoms with Crippen LogP contribution in [0.15, 0.2) is 11.7 Å². The van der Waals surface area contributed by atoms with Gasteiger partial charge in [-0.15, -0.1) is 35.1 Å². The summed E-state index contributed by atoms with van der Waals surface area (Å²) in [6, 6.07) is 0. The maximum Gasteiger partial charge on any atom is 0.0897 e. The average molecular weight is 359 g/mol. The molecule has 1 aliphatic heterocycles. The fourth-order valence-electron chi connectivity index (χ4n) is 2.80. The highest BCUT2D eigenvalue weighted by Crippen LogP contribution is 2.21. The molecule has 3 heterocycles. The van der Waals surface area contributed by atoms with E-state index in [0.717, 1.165) is 43.6 Å². The van der Waals surface area contributed by atoms with E-state index < -0.39 is 0 Å². The molecular formula is C15H23ClN4S2. The van der Waals surface area contributed by atoms with Crippen molar-refractivity contribution in [1.29, 1.82) is 0 Å². The summed E-state index contributed by atoms with van der Waals surface area (Å²) < 4.78 is 0. The molecule has 1 saturated heterocycles. The Morgan fingerprint density at radius 3 is 2.77 bits per heavy atom. The van der Waals surface area contributed by atoms with Gasteiger partial charge in [0.25, 0.3) is 0 Å². The van der Waals surface area contributed by atoms with E-state index >= 15 is 0 Å². The second-order valence-electron chi connectivity index (χ2n) is 5.73. The number of halogens is 1. The van der Waals surface area contributed by atoms with Gasteiger partial charge in [0.2, 0.25) is 0 Å². The number of rotatable bonds is 6. The second-order valence-corrected chi connectivity index (χ2v) is 7.99. The maximum absolute atomic E-state index is 4.39. The molecule has 2 aromatic rings. The summed E-state index contributed by atoms with van der Waals surface area (Å²) in [5, 5.41) is 4.62.